The number of nitrogens with two attached hydrogens (primary N) is 1. The molecule has 3 N–H and O–H groups in total. The van der Waals surface area contributed by atoms with Gasteiger partial charge in [0.05, 0.1) is 10.5 Å². The monoisotopic (exact) mass is 287 g/mol. The van der Waals surface area contributed by atoms with Crippen LogP contribution >= 0.6 is 0 Å². The van der Waals surface area contributed by atoms with Crippen molar-refractivity contribution in [1.82, 2.24) is 0 Å². The fraction of sp³-hybridized carbons (Fsp3) is 0.0714. The highest BCUT2D eigenvalue weighted by atomic mass is 16.6. The number of hydrogen-bond acceptors (Lipinski definition) is 5. The van der Waals surface area contributed by atoms with Crippen molar-refractivity contribution in [3.05, 3.63) is 63.7 Å². The quantitative estimate of drug-likeness (QED) is 0.295. The number of benzene rings is 2. The van der Waals surface area contributed by atoms with Gasteiger partial charge in [-0.1, -0.05) is 17.3 Å². The van der Waals surface area contributed by atoms with Crippen LogP contribution < -0.4 is 10.5 Å². The number of aryl methyl sites for hydroxylation is 1. The lowest BCUT2D eigenvalue weighted by Crippen LogP contribution is -2.14. The summed E-state index contributed by atoms with van der Waals surface area (Å²) in [5, 5.41) is 22.4. The Labute approximate surface area is 120 Å². The minimum absolute atomic E-state index is 0.0243. The number of nitro benzene ring substituents is 1. The van der Waals surface area contributed by atoms with Crippen LogP contribution in [0.15, 0.2) is 47.6 Å². The van der Waals surface area contributed by atoms with Gasteiger partial charge < -0.3 is 15.7 Å². The Bertz CT molecular complexity index is 696. The number of ether oxygens (including phenoxy) is 1. The summed E-state index contributed by atoms with van der Waals surface area (Å²) in [6.45, 7) is 1.81. The molecular formula is C14H13N3O4. The zero-order valence-electron chi connectivity index (χ0n) is 11.2. The van der Waals surface area contributed by atoms with E-state index in [0.29, 0.717) is 17.1 Å². The summed E-state index contributed by atoms with van der Waals surface area (Å²) in [5.41, 5.74) is 6.82. The SMILES string of the molecule is Cc1cccc(/C(N)=N/O)c1Oc1ccc([N+](=O)[O-])cc1. The number of rotatable bonds is 4. The molecule has 7 nitrogen and oxygen atoms in total. The van der Waals surface area contributed by atoms with Gasteiger partial charge in [0, 0.05) is 12.1 Å². The first-order valence-corrected chi connectivity index (χ1v) is 6.02. The first-order chi connectivity index (χ1) is 10.0. The molecule has 0 aromatic heterocycles. The number of amidine groups is 1. The van der Waals surface area contributed by atoms with Crippen molar-refractivity contribution in [3.63, 3.8) is 0 Å². The number of nitrogens with zero attached hydrogens (tertiary/aromatic N) is 2. The van der Waals surface area contributed by atoms with Crippen molar-refractivity contribution in [2.45, 2.75) is 6.92 Å². The van der Waals surface area contributed by atoms with Gasteiger partial charge in [-0.3, -0.25) is 10.1 Å². The van der Waals surface area contributed by atoms with E-state index in [0.717, 1.165) is 5.56 Å². The molecule has 0 fully saturated rings. The van der Waals surface area contributed by atoms with E-state index < -0.39 is 4.92 Å². The van der Waals surface area contributed by atoms with Crippen LogP contribution in [0.3, 0.4) is 0 Å². The molecule has 0 aliphatic carbocycles. The van der Waals surface area contributed by atoms with Gasteiger partial charge in [0.1, 0.15) is 11.5 Å². The van der Waals surface area contributed by atoms with Gasteiger partial charge in [0.2, 0.25) is 0 Å². The third-order valence-corrected chi connectivity index (χ3v) is 2.86. The number of non-ortho nitro benzene ring substituents is 1. The molecule has 0 saturated heterocycles. The topological polar surface area (TPSA) is 111 Å². The predicted octanol–water partition coefficient (Wildman–Crippen LogP) is 2.79. The first kappa shape index (κ1) is 14.3. The zero-order valence-corrected chi connectivity index (χ0v) is 11.2. The molecule has 0 amide bonds. The van der Waals surface area contributed by atoms with Crippen molar-refractivity contribution in [3.8, 4) is 11.5 Å². The smallest absolute Gasteiger partial charge is 0.269 e. The molecule has 0 aliphatic heterocycles. The van der Waals surface area contributed by atoms with Gasteiger partial charge in [0.15, 0.2) is 5.84 Å². The number of nitro groups is 1. The van der Waals surface area contributed by atoms with Gasteiger partial charge in [-0.15, -0.1) is 0 Å². The van der Waals surface area contributed by atoms with Gasteiger partial charge in [-0.25, -0.2) is 0 Å². The van der Waals surface area contributed by atoms with Crippen LogP contribution in [0.1, 0.15) is 11.1 Å². The molecule has 21 heavy (non-hydrogen) atoms. The van der Waals surface area contributed by atoms with Crippen molar-refractivity contribution < 1.29 is 14.9 Å². The predicted molar refractivity (Wildman–Crippen MR) is 76.9 cm³/mol. The fourth-order valence-corrected chi connectivity index (χ4v) is 1.80. The second kappa shape index (κ2) is 5.91. The Kier molecular flexibility index (Phi) is 4.03. The summed E-state index contributed by atoms with van der Waals surface area (Å²) in [6.07, 6.45) is 0. The third kappa shape index (κ3) is 3.08. The zero-order chi connectivity index (χ0) is 15.4. The minimum atomic E-state index is -0.487. The summed E-state index contributed by atoms with van der Waals surface area (Å²) < 4.78 is 5.70. The van der Waals surface area contributed by atoms with E-state index in [9.17, 15) is 10.1 Å². The molecule has 0 atom stereocenters. The van der Waals surface area contributed by atoms with Crippen LogP contribution in [-0.2, 0) is 0 Å². The maximum Gasteiger partial charge on any atom is 0.269 e. The number of para-hydroxylation sites is 1. The fourth-order valence-electron chi connectivity index (χ4n) is 1.80. The highest BCUT2D eigenvalue weighted by Gasteiger charge is 2.13. The van der Waals surface area contributed by atoms with E-state index in [1.165, 1.54) is 24.3 Å². The van der Waals surface area contributed by atoms with Crippen molar-refractivity contribution in [1.29, 1.82) is 0 Å². The van der Waals surface area contributed by atoms with Crippen LogP contribution in [0.4, 0.5) is 5.69 Å². The molecule has 0 saturated carbocycles. The Morgan fingerprint density at radius 3 is 2.52 bits per heavy atom. The summed E-state index contributed by atoms with van der Waals surface area (Å²) in [7, 11) is 0. The highest BCUT2D eigenvalue weighted by Crippen LogP contribution is 2.29. The lowest BCUT2D eigenvalue weighted by atomic mass is 10.1. The van der Waals surface area contributed by atoms with E-state index >= 15 is 0 Å². The largest absolute Gasteiger partial charge is 0.456 e. The molecule has 108 valence electrons. The molecule has 0 aliphatic rings. The molecule has 2 rings (SSSR count). The van der Waals surface area contributed by atoms with Gasteiger partial charge in [-0.05, 0) is 30.7 Å². The lowest BCUT2D eigenvalue weighted by Gasteiger charge is -2.12. The van der Waals surface area contributed by atoms with Crippen LogP contribution in [0.2, 0.25) is 0 Å². The summed E-state index contributed by atoms with van der Waals surface area (Å²) >= 11 is 0. The number of hydrogen-bond donors (Lipinski definition) is 2. The third-order valence-electron chi connectivity index (χ3n) is 2.86. The van der Waals surface area contributed by atoms with E-state index in [2.05, 4.69) is 5.16 Å². The standard InChI is InChI=1S/C14H13N3O4/c1-9-3-2-4-12(14(15)16-18)13(9)21-11-7-5-10(6-8-11)17(19)20/h2-8,18H,1H3,(H2,15,16). The summed E-state index contributed by atoms with van der Waals surface area (Å²) in [6, 6.07) is 10.9. The Morgan fingerprint density at radius 2 is 1.95 bits per heavy atom. The van der Waals surface area contributed by atoms with E-state index in [-0.39, 0.29) is 11.5 Å². The maximum atomic E-state index is 10.6. The van der Waals surface area contributed by atoms with Gasteiger partial charge in [-0.2, -0.15) is 0 Å². The Morgan fingerprint density at radius 1 is 1.29 bits per heavy atom. The lowest BCUT2D eigenvalue weighted by molar-refractivity contribution is -0.384. The van der Waals surface area contributed by atoms with Crippen molar-refractivity contribution in [2.75, 3.05) is 0 Å². The first-order valence-electron chi connectivity index (χ1n) is 6.02. The van der Waals surface area contributed by atoms with Gasteiger partial charge >= 0.3 is 0 Å². The average molecular weight is 287 g/mol. The molecule has 0 bridgehead atoms. The minimum Gasteiger partial charge on any atom is -0.456 e. The van der Waals surface area contributed by atoms with Crippen LogP contribution in [0, 0.1) is 17.0 Å². The van der Waals surface area contributed by atoms with Crippen molar-refractivity contribution in [2.24, 2.45) is 10.9 Å². The highest BCUT2D eigenvalue weighted by molar-refractivity contribution is 6.00. The maximum absolute atomic E-state index is 10.6. The van der Waals surface area contributed by atoms with E-state index in [1.807, 2.05) is 13.0 Å². The second-order valence-corrected chi connectivity index (χ2v) is 4.29. The Balaban J connectivity index is 2.37. The van der Waals surface area contributed by atoms with Crippen molar-refractivity contribution >= 4 is 11.5 Å². The normalized spacial score (nSPS) is 11.2. The van der Waals surface area contributed by atoms with Crippen LogP contribution in [0.5, 0.6) is 11.5 Å². The van der Waals surface area contributed by atoms with Crippen LogP contribution in [0.25, 0.3) is 0 Å². The van der Waals surface area contributed by atoms with Crippen LogP contribution in [-0.4, -0.2) is 16.0 Å². The molecule has 0 unspecified atom stereocenters. The molecule has 0 radical (unpaired) electrons. The second-order valence-electron chi connectivity index (χ2n) is 4.29. The molecule has 2 aromatic carbocycles. The Hall–Kier alpha value is -3.09. The average Bonchev–Trinajstić information content (AvgIpc) is 2.49. The molecule has 0 spiro atoms. The molecule has 7 heteroatoms. The number of oxime groups is 1. The summed E-state index contributed by atoms with van der Waals surface area (Å²) in [4.78, 5) is 10.1. The molecular weight excluding hydrogens is 274 g/mol. The molecule has 0 heterocycles. The van der Waals surface area contributed by atoms with E-state index in [1.54, 1.807) is 12.1 Å². The van der Waals surface area contributed by atoms with E-state index in [4.69, 9.17) is 15.7 Å². The molecule has 2 aromatic rings. The summed E-state index contributed by atoms with van der Waals surface area (Å²) in [5.74, 6) is 0.777. The van der Waals surface area contributed by atoms with Gasteiger partial charge in [0.25, 0.3) is 5.69 Å².